The number of benzene rings is 1. The summed E-state index contributed by atoms with van der Waals surface area (Å²) in [5.74, 6) is -0.848. The standard InChI is InChI=1S/C10H13N3O4/c1-6-2-7(4-8(3-6)13(16)17)12-5-9(14)10(11)15/h2-4,9,12,14H,5H2,1H3,(H2,11,15). The number of nitrogens with zero attached hydrogens (tertiary/aromatic N) is 1. The highest BCUT2D eigenvalue weighted by molar-refractivity contribution is 5.79. The summed E-state index contributed by atoms with van der Waals surface area (Å²) in [5, 5.41) is 22.5. The maximum absolute atomic E-state index is 10.6. The molecule has 1 unspecified atom stereocenters. The lowest BCUT2D eigenvalue weighted by Gasteiger charge is -2.10. The Morgan fingerprint density at radius 1 is 1.59 bits per heavy atom. The van der Waals surface area contributed by atoms with Crippen molar-refractivity contribution >= 4 is 17.3 Å². The number of rotatable bonds is 5. The largest absolute Gasteiger partial charge is 0.382 e. The van der Waals surface area contributed by atoms with Gasteiger partial charge in [-0.2, -0.15) is 0 Å². The average Bonchev–Trinajstić information content (AvgIpc) is 2.24. The number of aliphatic hydroxyl groups is 1. The average molecular weight is 239 g/mol. The van der Waals surface area contributed by atoms with Crippen molar-refractivity contribution in [1.29, 1.82) is 0 Å². The SMILES string of the molecule is Cc1cc(NCC(O)C(N)=O)cc([N+](=O)[O-])c1. The molecule has 17 heavy (non-hydrogen) atoms. The highest BCUT2D eigenvalue weighted by Gasteiger charge is 2.12. The van der Waals surface area contributed by atoms with Gasteiger partial charge in [-0.15, -0.1) is 0 Å². The monoisotopic (exact) mass is 239 g/mol. The molecule has 0 saturated carbocycles. The summed E-state index contributed by atoms with van der Waals surface area (Å²) in [5.41, 5.74) is 5.98. The molecule has 0 heterocycles. The van der Waals surface area contributed by atoms with Gasteiger partial charge >= 0.3 is 0 Å². The topological polar surface area (TPSA) is 118 Å². The van der Waals surface area contributed by atoms with Crippen LogP contribution < -0.4 is 11.1 Å². The summed E-state index contributed by atoms with van der Waals surface area (Å²) in [6.45, 7) is 1.62. The van der Waals surface area contributed by atoms with E-state index in [0.29, 0.717) is 11.3 Å². The van der Waals surface area contributed by atoms with Crippen LogP contribution in [0.4, 0.5) is 11.4 Å². The van der Waals surface area contributed by atoms with Gasteiger partial charge in [-0.1, -0.05) is 0 Å². The molecule has 0 fully saturated rings. The number of anilines is 1. The van der Waals surface area contributed by atoms with Crippen molar-refractivity contribution in [3.8, 4) is 0 Å². The van der Waals surface area contributed by atoms with Crippen LogP contribution in [0.15, 0.2) is 18.2 Å². The van der Waals surface area contributed by atoms with Crippen LogP contribution in [0.2, 0.25) is 0 Å². The molecular weight excluding hydrogens is 226 g/mol. The van der Waals surface area contributed by atoms with Crippen LogP contribution in [0.1, 0.15) is 5.56 Å². The maximum atomic E-state index is 10.6. The van der Waals surface area contributed by atoms with Crippen LogP contribution >= 0.6 is 0 Å². The van der Waals surface area contributed by atoms with Gasteiger partial charge in [0.25, 0.3) is 5.69 Å². The van der Waals surface area contributed by atoms with Crippen LogP contribution in [-0.4, -0.2) is 28.6 Å². The number of amides is 1. The molecule has 0 bridgehead atoms. The third kappa shape index (κ3) is 3.72. The number of hydrogen-bond acceptors (Lipinski definition) is 5. The fraction of sp³-hybridized carbons (Fsp3) is 0.300. The number of aliphatic hydroxyl groups excluding tert-OH is 1. The van der Waals surface area contributed by atoms with Gasteiger partial charge in [0.15, 0.2) is 0 Å². The second-order valence-electron chi connectivity index (χ2n) is 3.61. The molecule has 7 nitrogen and oxygen atoms in total. The Kier molecular flexibility index (Phi) is 4.00. The van der Waals surface area contributed by atoms with Gasteiger partial charge in [0.1, 0.15) is 6.10 Å². The van der Waals surface area contributed by atoms with Crippen molar-refractivity contribution in [1.82, 2.24) is 0 Å². The van der Waals surface area contributed by atoms with Crippen molar-refractivity contribution in [3.05, 3.63) is 33.9 Å². The summed E-state index contributed by atoms with van der Waals surface area (Å²) >= 11 is 0. The van der Waals surface area contributed by atoms with E-state index in [2.05, 4.69) is 5.32 Å². The quantitative estimate of drug-likeness (QED) is 0.499. The summed E-state index contributed by atoms with van der Waals surface area (Å²) < 4.78 is 0. The van der Waals surface area contributed by atoms with E-state index in [-0.39, 0.29) is 12.2 Å². The number of hydrogen-bond donors (Lipinski definition) is 3. The smallest absolute Gasteiger partial charge is 0.271 e. The normalized spacial score (nSPS) is 11.9. The van der Waals surface area contributed by atoms with E-state index in [4.69, 9.17) is 10.8 Å². The lowest BCUT2D eigenvalue weighted by Crippen LogP contribution is -2.34. The number of nitro benzene ring substituents is 1. The Morgan fingerprint density at radius 2 is 2.24 bits per heavy atom. The summed E-state index contributed by atoms with van der Waals surface area (Å²) in [6, 6.07) is 4.41. The molecule has 0 aromatic heterocycles. The van der Waals surface area contributed by atoms with Crippen molar-refractivity contribution in [2.45, 2.75) is 13.0 Å². The van der Waals surface area contributed by atoms with Gasteiger partial charge in [0.05, 0.1) is 4.92 Å². The summed E-state index contributed by atoms with van der Waals surface area (Å²) in [4.78, 5) is 20.7. The van der Waals surface area contributed by atoms with Gasteiger partial charge in [0.2, 0.25) is 5.91 Å². The van der Waals surface area contributed by atoms with Gasteiger partial charge in [0, 0.05) is 24.4 Å². The number of nitro groups is 1. The van der Waals surface area contributed by atoms with Gasteiger partial charge in [-0.25, -0.2) is 0 Å². The molecule has 1 amide bonds. The number of primary amides is 1. The highest BCUT2D eigenvalue weighted by atomic mass is 16.6. The van der Waals surface area contributed by atoms with Crippen LogP contribution in [-0.2, 0) is 4.79 Å². The molecule has 0 aliphatic heterocycles. The van der Waals surface area contributed by atoms with Gasteiger partial charge in [-0.3, -0.25) is 14.9 Å². The molecule has 0 spiro atoms. The first-order valence-electron chi connectivity index (χ1n) is 4.87. The van der Waals surface area contributed by atoms with E-state index in [9.17, 15) is 14.9 Å². The molecule has 92 valence electrons. The second kappa shape index (κ2) is 5.26. The predicted octanol–water partition coefficient (Wildman–Crippen LogP) is 0.161. The zero-order valence-electron chi connectivity index (χ0n) is 9.21. The molecular formula is C10H13N3O4. The molecule has 0 aliphatic rings. The molecule has 4 N–H and O–H groups in total. The third-order valence-electron chi connectivity index (χ3n) is 2.10. The molecule has 0 radical (unpaired) electrons. The maximum Gasteiger partial charge on any atom is 0.271 e. The predicted molar refractivity (Wildman–Crippen MR) is 61.5 cm³/mol. The Hall–Kier alpha value is -2.15. The van der Waals surface area contributed by atoms with Crippen molar-refractivity contribution in [2.24, 2.45) is 5.73 Å². The minimum Gasteiger partial charge on any atom is -0.382 e. The lowest BCUT2D eigenvalue weighted by atomic mass is 10.2. The van der Waals surface area contributed by atoms with Gasteiger partial charge < -0.3 is 16.2 Å². The van der Waals surface area contributed by atoms with Crippen molar-refractivity contribution in [3.63, 3.8) is 0 Å². The highest BCUT2D eigenvalue weighted by Crippen LogP contribution is 2.20. The third-order valence-corrected chi connectivity index (χ3v) is 2.10. The van der Waals surface area contributed by atoms with E-state index in [1.54, 1.807) is 13.0 Å². The summed E-state index contributed by atoms with van der Waals surface area (Å²) in [7, 11) is 0. The Labute approximate surface area is 97.4 Å². The van der Waals surface area contributed by atoms with Crippen LogP contribution in [0.25, 0.3) is 0 Å². The van der Waals surface area contributed by atoms with Crippen molar-refractivity contribution in [2.75, 3.05) is 11.9 Å². The minimum atomic E-state index is -1.32. The fourth-order valence-electron chi connectivity index (χ4n) is 1.29. The van der Waals surface area contributed by atoms with E-state index >= 15 is 0 Å². The molecule has 0 aliphatic carbocycles. The Bertz CT molecular complexity index is 447. The lowest BCUT2D eigenvalue weighted by molar-refractivity contribution is -0.384. The number of nitrogens with two attached hydrogens (primary N) is 1. The van der Waals surface area contributed by atoms with Crippen LogP contribution in [0, 0.1) is 17.0 Å². The molecule has 1 rings (SSSR count). The van der Waals surface area contributed by atoms with E-state index < -0.39 is 16.9 Å². The molecule has 7 heteroatoms. The minimum absolute atomic E-state index is 0.0546. The molecule has 1 atom stereocenters. The van der Waals surface area contributed by atoms with Gasteiger partial charge in [-0.05, 0) is 18.6 Å². The van der Waals surface area contributed by atoms with Crippen LogP contribution in [0.5, 0.6) is 0 Å². The van der Waals surface area contributed by atoms with E-state index in [0.717, 1.165) is 0 Å². The first-order valence-corrected chi connectivity index (χ1v) is 4.87. The summed E-state index contributed by atoms with van der Waals surface area (Å²) in [6.07, 6.45) is -1.32. The zero-order valence-corrected chi connectivity index (χ0v) is 9.21. The Balaban J connectivity index is 2.78. The number of carbonyl (C=O) groups excluding carboxylic acids is 1. The second-order valence-corrected chi connectivity index (χ2v) is 3.61. The number of aryl methyl sites for hydroxylation is 1. The van der Waals surface area contributed by atoms with E-state index in [1.165, 1.54) is 12.1 Å². The first-order chi connectivity index (χ1) is 7.90. The molecule has 1 aromatic rings. The molecule has 0 saturated heterocycles. The Morgan fingerprint density at radius 3 is 2.76 bits per heavy atom. The van der Waals surface area contributed by atoms with E-state index in [1.807, 2.05) is 0 Å². The van der Waals surface area contributed by atoms with Crippen molar-refractivity contribution < 1.29 is 14.8 Å². The number of carbonyl (C=O) groups is 1. The molecule has 1 aromatic carbocycles. The number of nitrogens with one attached hydrogen (secondary N) is 1. The van der Waals surface area contributed by atoms with Crippen LogP contribution in [0.3, 0.4) is 0 Å². The zero-order chi connectivity index (χ0) is 13.0. The fourth-order valence-corrected chi connectivity index (χ4v) is 1.29. The number of non-ortho nitro benzene ring substituents is 1. The first kappa shape index (κ1) is 12.9.